The average Bonchev–Trinajstić information content (AvgIpc) is 2.54. The fourth-order valence-corrected chi connectivity index (χ4v) is 2.37. The van der Waals surface area contributed by atoms with Gasteiger partial charge >= 0.3 is 6.09 Å². The van der Waals surface area contributed by atoms with Gasteiger partial charge in [-0.1, -0.05) is 0 Å². The number of aryl methyl sites for hydroxylation is 2. The summed E-state index contributed by atoms with van der Waals surface area (Å²) in [4.78, 5) is 13.6. The summed E-state index contributed by atoms with van der Waals surface area (Å²) in [5.74, 6) is 0.934. The van der Waals surface area contributed by atoms with E-state index < -0.39 is 5.60 Å². The lowest BCUT2D eigenvalue weighted by molar-refractivity contribution is 0.0104. The van der Waals surface area contributed by atoms with E-state index in [0.29, 0.717) is 19.6 Å². The van der Waals surface area contributed by atoms with Gasteiger partial charge in [0.05, 0.1) is 11.7 Å². The monoisotopic (exact) mass is 295 g/mol. The van der Waals surface area contributed by atoms with E-state index in [1.807, 2.05) is 34.7 Å². The molecule has 1 aliphatic rings. The van der Waals surface area contributed by atoms with Crippen molar-refractivity contribution in [1.29, 1.82) is 0 Å². The summed E-state index contributed by atoms with van der Waals surface area (Å²) in [5.41, 5.74) is 7.27. The molecule has 7 nitrogen and oxygen atoms in total. The van der Waals surface area contributed by atoms with Gasteiger partial charge in [-0.15, -0.1) is 0 Å². The van der Waals surface area contributed by atoms with Crippen molar-refractivity contribution in [3.05, 3.63) is 11.3 Å². The second kappa shape index (κ2) is 5.55. The van der Waals surface area contributed by atoms with Gasteiger partial charge in [-0.2, -0.15) is 5.10 Å². The number of nitrogens with zero attached hydrogens (tertiary/aromatic N) is 3. The summed E-state index contributed by atoms with van der Waals surface area (Å²) in [6.45, 7) is 9.25. The summed E-state index contributed by atoms with van der Waals surface area (Å²) in [6.07, 6.45) is -0.263. The van der Waals surface area contributed by atoms with Crippen molar-refractivity contribution in [3.63, 3.8) is 0 Å². The number of rotatable bonds is 3. The normalized spacial score (nSPS) is 15.8. The van der Waals surface area contributed by atoms with Crippen LogP contribution in [-0.4, -0.2) is 45.5 Å². The van der Waals surface area contributed by atoms with Crippen LogP contribution in [0.1, 0.15) is 32.0 Å². The topological polar surface area (TPSA) is 85.4 Å². The third-order valence-corrected chi connectivity index (χ3v) is 3.42. The zero-order valence-corrected chi connectivity index (χ0v) is 13.4. The van der Waals surface area contributed by atoms with E-state index in [4.69, 9.17) is 10.5 Å². The highest BCUT2D eigenvalue weighted by Gasteiger charge is 2.34. The van der Waals surface area contributed by atoms with E-state index in [1.165, 1.54) is 0 Å². The van der Waals surface area contributed by atoms with Crippen LogP contribution in [0.25, 0.3) is 0 Å². The molecule has 0 spiro atoms. The van der Waals surface area contributed by atoms with Crippen molar-refractivity contribution in [2.45, 2.75) is 45.9 Å². The Morgan fingerprint density at radius 2 is 2.10 bits per heavy atom. The van der Waals surface area contributed by atoms with Gasteiger partial charge < -0.3 is 20.7 Å². The molecule has 0 radical (unpaired) electrons. The Morgan fingerprint density at radius 1 is 1.48 bits per heavy atom. The molecule has 0 saturated carbocycles. The summed E-state index contributed by atoms with van der Waals surface area (Å²) in [7, 11) is 1.89. The highest BCUT2D eigenvalue weighted by molar-refractivity contribution is 5.69. The Bertz CT molecular complexity index is 526. The fraction of sp³-hybridized carbons (Fsp3) is 0.714. The minimum Gasteiger partial charge on any atom is -0.444 e. The van der Waals surface area contributed by atoms with E-state index in [9.17, 15) is 4.79 Å². The number of ether oxygens (including phenoxy) is 1. The third-order valence-electron chi connectivity index (χ3n) is 3.42. The number of anilines is 1. The van der Waals surface area contributed by atoms with Gasteiger partial charge in [0.15, 0.2) is 0 Å². The predicted molar refractivity (Wildman–Crippen MR) is 81.1 cm³/mol. The molecule has 0 atom stereocenters. The smallest absolute Gasteiger partial charge is 0.410 e. The van der Waals surface area contributed by atoms with Gasteiger partial charge in [-0.25, -0.2) is 4.79 Å². The Hall–Kier alpha value is -1.76. The van der Waals surface area contributed by atoms with Crippen molar-refractivity contribution in [2.75, 3.05) is 18.4 Å². The molecule has 1 amide bonds. The number of nitrogens with two attached hydrogens (primary N) is 1. The van der Waals surface area contributed by atoms with E-state index in [2.05, 4.69) is 10.4 Å². The van der Waals surface area contributed by atoms with Gasteiger partial charge in [-0.05, 0) is 27.7 Å². The van der Waals surface area contributed by atoms with E-state index >= 15 is 0 Å². The number of aromatic nitrogens is 2. The van der Waals surface area contributed by atoms with Gasteiger partial charge in [0.1, 0.15) is 11.4 Å². The molecule has 7 heteroatoms. The number of carbonyl (C=O) groups is 1. The maximum absolute atomic E-state index is 11.9. The first-order valence-corrected chi connectivity index (χ1v) is 7.18. The van der Waals surface area contributed by atoms with Crippen molar-refractivity contribution in [2.24, 2.45) is 12.8 Å². The summed E-state index contributed by atoms with van der Waals surface area (Å²) in [6, 6.07) is 0.206. The lowest BCUT2D eigenvalue weighted by atomic mass is 10.1. The molecule has 0 bridgehead atoms. The zero-order chi connectivity index (χ0) is 15.8. The lowest BCUT2D eigenvalue weighted by Gasteiger charge is -2.40. The van der Waals surface area contributed by atoms with Crippen LogP contribution in [0.5, 0.6) is 0 Å². The molecular weight excluding hydrogens is 270 g/mol. The molecule has 1 aromatic rings. The summed E-state index contributed by atoms with van der Waals surface area (Å²) in [5, 5.41) is 7.77. The quantitative estimate of drug-likeness (QED) is 0.875. The zero-order valence-electron chi connectivity index (χ0n) is 13.4. The molecule has 0 aliphatic carbocycles. The van der Waals surface area contributed by atoms with Crippen molar-refractivity contribution >= 4 is 11.9 Å². The van der Waals surface area contributed by atoms with Gasteiger partial charge in [0.2, 0.25) is 0 Å². The number of likely N-dealkylation sites (tertiary alicyclic amines) is 1. The highest BCUT2D eigenvalue weighted by atomic mass is 16.6. The molecule has 2 rings (SSSR count). The Balaban J connectivity index is 1.90. The number of hydrogen-bond acceptors (Lipinski definition) is 5. The van der Waals surface area contributed by atoms with Crippen LogP contribution in [0.2, 0.25) is 0 Å². The Morgan fingerprint density at radius 3 is 2.62 bits per heavy atom. The first kappa shape index (κ1) is 15.6. The van der Waals surface area contributed by atoms with Crippen LogP contribution < -0.4 is 11.1 Å². The van der Waals surface area contributed by atoms with E-state index in [-0.39, 0.29) is 12.1 Å². The van der Waals surface area contributed by atoms with Crippen LogP contribution in [0, 0.1) is 6.92 Å². The largest absolute Gasteiger partial charge is 0.444 e. The molecule has 0 unspecified atom stereocenters. The molecular formula is C14H25N5O2. The average molecular weight is 295 g/mol. The Labute approximate surface area is 125 Å². The minimum atomic E-state index is -0.457. The fourth-order valence-electron chi connectivity index (χ4n) is 2.37. The molecule has 2 heterocycles. The number of carbonyl (C=O) groups excluding carboxylic acids is 1. The maximum atomic E-state index is 11.9. The summed E-state index contributed by atoms with van der Waals surface area (Å²) >= 11 is 0. The highest BCUT2D eigenvalue weighted by Crippen LogP contribution is 2.22. The van der Waals surface area contributed by atoms with Crippen LogP contribution in [0.4, 0.5) is 10.6 Å². The molecule has 0 aromatic carbocycles. The first-order chi connectivity index (χ1) is 9.71. The SMILES string of the molecule is Cc1nn(C)c(NC2CN(C(=O)OC(C)(C)C)C2)c1CN. The Kier molecular flexibility index (Phi) is 4.13. The third kappa shape index (κ3) is 3.47. The van der Waals surface area contributed by atoms with Crippen LogP contribution in [-0.2, 0) is 18.3 Å². The van der Waals surface area contributed by atoms with Crippen molar-refractivity contribution in [1.82, 2.24) is 14.7 Å². The molecule has 1 saturated heterocycles. The minimum absolute atomic E-state index is 0.206. The number of nitrogens with one attached hydrogen (secondary N) is 1. The van der Waals surface area contributed by atoms with Gasteiger partial charge in [0.25, 0.3) is 0 Å². The second-order valence-corrected chi connectivity index (χ2v) is 6.47. The van der Waals surface area contributed by atoms with Crippen LogP contribution >= 0.6 is 0 Å². The molecule has 3 N–H and O–H groups in total. The van der Waals surface area contributed by atoms with Crippen molar-refractivity contribution < 1.29 is 9.53 Å². The van der Waals surface area contributed by atoms with Crippen LogP contribution in [0.15, 0.2) is 0 Å². The van der Waals surface area contributed by atoms with E-state index in [1.54, 1.807) is 9.58 Å². The first-order valence-electron chi connectivity index (χ1n) is 7.18. The van der Waals surface area contributed by atoms with Gasteiger partial charge in [-0.3, -0.25) is 4.68 Å². The predicted octanol–water partition coefficient (Wildman–Crippen LogP) is 1.22. The standard InChI is InChI=1S/C14H25N5O2/c1-9-11(6-15)12(18(5)17-9)16-10-7-19(8-10)13(20)21-14(2,3)4/h10,16H,6-8,15H2,1-5H3. The number of hydrogen-bond donors (Lipinski definition) is 2. The molecule has 21 heavy (non-hydrogen) atoms. The molecule has 118 valence electrons. The van der Waals surface area contributed by atoms with Crippen LogP contribution in [0.3, 0.4) is 0 Å². The number of amides is 1. The van der Waals surface area contributed by atoms with Crippen molar-refractivity contribution in [3.8, 4) is 0 Å². The molecule has 1 aromatic heterocycles. The summed E-state index contributed by atoms with van der Waals surface area (Å²) < 4.78 is 7.13. The second-order valence-electron chi connectivity index (χ2n) is 6.47. The maximum Gasteiger partial charge on any atom is 0.410 e. The van der Waals surface area contributed by atoms with Gasteiger partial charge in [0, 0.05) is 32.2 Å². The van der Waals surface area contributed by atoms with E-state index in [0.717, 1.165) is 17.1 Å². The molecule has 1 aliphatic heterocycles. The lowest BCUT2D eigenvalue weighted by Crippen LogP contribution is -2.58. The molecule has 1 fully saturated rings.